The Kier molecular flexibility index (Phi) is 8.16. The van der Waals surface area contributed by atoms with Gasteiger partial charge >= 0.3 is 0 Å². The molecule has 178 valence electrons. The molecule has 1 saturated heterocycles. The van der Waals surface area contributed by atoms with Crippen LogP contribution < -0.4 is 4.74 Å². The number of benzene rings is 3. The zero-order valence-electron chi connectivity index (χ0n) is 19.1. The van der Waals surface area contributed by atoms with E-state index in [1.165, 1.54) is 12.1 Å². The van der Waals surface area contributed by atoms with E-state index in [0.717, 1.165) is 16.9 Å². The van der Waals surface area contributed by atoms with E-state index in [1.807, 2.05) is 48.5 Å². The maximum Gasteiger partial charge on any atom is 0.254 e. The van der Waals surface area contributed by atoms with Gasteiger partial charge in [-0.1, -0.05) is 41.9 Å². The Morgan fingerprint density at radius 1 is 1.00 bits per heavy atom. The zero-order valence-corrected chi connectivity index (χ0v) is 19.9. The van der Waals surface area contributed by atoms with Crippen LogP contribution >= 0.6 is 11.6 Å². The highest BCUT2D eigenvalue weighted by Crippen LogP contribution is 2.25. The number of halogens is 2. The van der Waals surface area contributed by atoms with Crippen molar-refractivity contribution >= 4 is 17.5 Å². The molecule has 0 aromatic heterocycles. The lowest BCUT2D eigenvalue weighted by atomic mass is 10.1. The van der Waals surface area contributed by atoms with Gasteiger partial charge in [0.15, 0.2) is 0 Å². The van der Waals surface area contributed by atoms with Gasteiger partial charge in [0, 0.05) is 43.3 Å². The van der Waals surface area contributed by atoms with E-state index >= 15 is 0 Å². The standard InChI is InChI=1S/C27H28ClFN2O3/c1-33-25-10-4-6-21(17-25)26(34-19-20-5-2-8-23(28)15-20)18-30-11-13-31(14-12-30)27(32)22-7-3-9-24(29)16-22/h2-10,15-17,26H,11-14,18-19H2,1H3/t26-/m0/s1. The number of nitrogens with zero attached hydrogens (tertiary/aromatic N) is 2. The van der Waals surface area contributed by atoms with Gasteiger partial charge in [0.25, 0.3) is 5.91 Å². The monoisotopic (exact) mass is 482 g/mol. The highest BCUT2D eigenvalue weighted by molar-refractivity contribution is 6.30. The molecule has 3 aromatic rings. The van der Waals surface area contributed by atoms with E-state index in [9.17, 15) is 9.18 Å². The minimum atomic E-state index is -0.400. The van der Waals surface area contributed by atoms with Crippen LogP contribution in [-0.4, -0.2) is 55.5 Å². The van der Waals surface area contributed by atoms with E-state index in [0.29, 0.717) is 49.9 Å². The second kappa shape index (κ2) is 11.5. The third-order valence-electron chi connectivity index (χ3n) is 5.96. The number of hydrogen-bond donors (Lipinski definition) is 0. The Balaban J connectivity index is 1.41. The van der Waals surface area contributed by atoms with E-state index in [2.05, 4.69) is 4.90 Å². The molecule has 1 amide bonds. The molecule has 0 saturated carbocycles. The van der Waals surface area contributed by atoms with Gasteiger partial charge in [0.1, 0.15) is 11.6 Å². The number of carbonyl (C=O) groups excluding carboxylic acids is 1. The summed E-state index contributed by atoms with van der Waals surface area (Å²) >= 11 is 6.13. The molecule has 1 aliphatic rings. The van der Waals surface area contributed by atoms with Crippen LogP contribution in [0.15, 0.2) is 72.8 Å². The summed E-state index contributed by atoms with van der Waals surface area (Å²) in [6, 6.07) is 21.4. The van der Waals surface area contributed by atoms with Crippen LogP contribution in [0, 0.1) is 5.82 Å². The molecule has 1 atom stereocenters. The summed E-state index contributed by atoms with van der Waals surface area (Å²) in [6.45, 7) is 3.68. The summed E-state index contributed by atoms with van der Waals surface area (Å²) < 4.78 is 25.3. The van der Waals surface area contributed by atoms with Crippen molar-refractivity contribution in [1.82, 2.24) is 9.80 Å². The van der Waals surface area contributed by atoms with Crippen molar-refractivity contribution in [2.24, 2.45) is 0 Å². The molecule has 0 N–H and O–H groups in total. The van der Waals surface area contributed by atoms with Gasteiger partial charge in [0.05, 0.1) is 19.8 Å². The molecular weight excluding hydrogens is 455 g/mol. The minimum absolute atomic E-state index is 0.138. The summed E-state index contributed by atoms with van der Waals surface area (Å²) in [4.78, 5) is 16.8. The Morgan fingerprint density at radius 2 is 1.76 bits per heavy atom. The van der Waals surface area contributed by atoms with Gasteiger partial charge in [-0.3, -0.25) is 9.69 Å². The van der Waals surface area contributed by atoms with Crippen LogP contribution in [0.4, 0.5) is 4.39 Å². The molecule has 7 heteroatoms. The normalized spacial score (nSPS) is 15.2. The quantitative estimate of drug-likeness (QED) is 0.442. The van der Waals surface area contributed by atoms with E-state index in [4.69, 9.17) is 21.1 Å². The number of methoxy groups -OCH3 is 1. The molecule has 0 unspecified atom stereocenters. The van der Waals surface area contributed by atoms with Gasteiger partial charge in [-0.2, -0.15) is 0 Å². The van der Waals surface area contributed by atoms with E-state index < -0.39 is 5.82 Å². The van der Waals surface area contributed by atoms with Gasteiger partial charge in [0.2, 0.25) is 0 Å². The van der Waals surface area contributed by atoms with Crippen LogP contribution in [0.5, 0.6) is 5.75 Å². The lowest BCUT2D eigenvalue weighted by Crippen LogP contribution is -2.49. The SMILES string of the molecule is COc1cccc([C@H](CN2CCN(C(=O)c3cccc(F)c3)CC2)OCc2cccc(Cl)c2)c1. The Hall–Kier alpha value is -2.93. The summed E-state index contributed by atoms with van der Waals surface area (Å²) in [6.07, 6.45) is -0.181. The summed E-state index contributed by atoms with van der Waals surface area (Å²) in [5.41, 5.74) is 2.41. The Morgan fingerprint density at radius 3 is 2.50 bits per heavy atom. The van der Waals surface area contributed by atoms with Crippen LogP contribution in [0.2, 0.25) is 5.02 Å². The van der Waals surface area contributed by atoms with Crippen molar-refractivity contribution < 1.29 is 18.7 Å². The fourth-order valence-electron chi connectivity index (χ4n) is 4.09. The van der Waals surface area contributed by atoms with Gasteiger partial charge in [-0.15, -0.1) is 0 Å². The molecular formula is C27H28ClFN2O3. The number of carbonyl (C=O) groups is 1. The largest absolute Gasteiger partial charge is 0.497 e. The van der Waals surface area contributed by atoms with Crippen molar-refractivity contribution in [3.8, 4) is 5.75 Å². The summed E-state index contributed by atoms with van der Waals surface area (Å²) in [5.74, 6) is 0.238. The highest BCUT2D eigenvalue weighted by atomic mass is 35.5. The third-order valence-corrected chi connectivity index (χ3v) is 6.20. The van der Waals surface area contributed by atoms with Gasteiger partial charge in [-0.25, -0.2) is 4.39 Å². The second-order valence-electron chi connectivity index (χ2n) is 8.31. The van der Waals surface area contributed by atoms with Gasteiger partial charge in [-0.05, 0) is 53.6 Å². The van der Waals surface area contributed by atoms with Crippen LogP contribution in [0.1, 0.15) is 27.6 Å². The van der Waals surface area contributed by atoms with Crippen molar-refractivity contribution in [3.63, 3.8) is 0 Å². The topological polar surface area (TPSA) is 42.0 Å². The van der Waals surface area contributed by atoms with Crippen molar-refractivity contribution in [2.75, 3.05) is 39.8 Å². The lowest BCUT2D eigenvalue weighted by Gasteiger charge is -2.36. The molecule has 1 heterocycles. The number of amides is 1. The van der Waals surface area contributed by atoms with Crippen LogP contribution in [0.3, 0.4) is 0 Å². The molecule has 0 bridgehead atoms. The predicted octanol–water partition coefficient (Wildman–Crippen LogP) is 5.20. The minimum Gasteiger partial charge on any atom is -0.497 e. The molecule has 0 spiro atoms. The number of ether oxygens (including phenoxy) is 2. The van der Waals surface area contributed by atoms with Crippen LogP contribution in [-0.2, 0) is 11.3 Å². The smallest absolute Gasteiger partial charge is 0.254 e. The van der Waals surface area contributed by atoms with E-state index in [1.54, 1.807) is 24.1 Å². The fraction of sp³-hybridized carbons (Fsp3) is 0.296. The molecule has 34 heavy (non-hydrogen) atoms. The first-order chi connectivity index (χ1) is 16.5. The van der Waals surface area contributed by atoms with Crippen LogP contribution in [0.25, 0.3) is 0 Å². The number of piperazine rings is 1. The molecule has 5 nitrogen and oxygen atoms in total. The maximum atomic E-state index is 13.5. The third kappa shape index (κ3) is 6.35. The average molecular weight is 483 g/mol. The molecule has 0 radical (unpaired) electrons. The van der Waals surface area contributed by atoms with Crippen molar-refractivity contribution in [3.05, 3.63) is 100 Å². The van der Waals surface area contributed by atoms with Gasteiger partial charge < -0.3 is 14.4 Å². The number of hydrogen-bond acceptors (Lipinski definition) is 4. The zero-order chi connectivity index (χ0) is 23.9. The predicted molar refractivity (Wildman–Crippen MR) is 131 cm³/mol. The number of rotatable bonds is 8. The molecule has 4 rings (SSSR count). The fourth-order valence-corrected chi connectivity index (χ4v) is 4.30. The first-order valence-corrected chi connectivity index (χ1v) is 11.7. The second-order valence-corrected chi connectivity index (χ2v) is 8.75. The molecule has 1 aliphatic heterocycles. The highest BCUT2D eigenvalue weighted by Gasteiger charge is 2.25. The molecule has 3 aromatic carbocycles. The van der Waals surface area contributed by atoms with E-state index in [-0.39, 0.29) is 12.0 Å². The lowest BCUT2D eigenvalue weighted by molar-refractivity contribution is 0.00333. The first-order valence-electron chi connectivity index (χ1n) is 11.3. The average Bonchev–Trinajstić information content (AvgIpc) is 2.86. The van der Waals surface area contributed by atoms with Crippen molar-refractivity contribution in [2.45, 2.75) is 12.7 Å². The summed E-state index contributed by atoms with van der Waals surface area (Å²) in [7, 11) is 1.65. The Bertz CT molecular complexity index is 1120. The summed E-state index contributed by atoms with van der Waals surface area (Å²) in [5, 5.41) is 0.679. The van der Waals surface area contributed by atoms with Crippen molar-refractivity contribution in [1.29, 1.82) is 0 Å². The molecule has 1 fully saturated rings. The Labute approximate surface area is 204 Å². The molecule has 0 aliphatic carbocycles. The maximum absolute atomic E-state index is 13.5. The first kappa shape index (κ1) is 24.2.